The quantitative estimate of drug-likeness (QED) is 0.0731. The highest BCUT2D eigenvalue weighted by atomic mass is 19.3. The van der Waals surface area contributed by atoms with Crippen LogP contribution in [-0.4, -0.2) is 19.3 Å². The lowest BCUT2D eigenvalue weighted by Gasteiger charge is -2.29. The summed E-state index contributed by atoms with van der Waals surface area (Å²) in [6.45, 7) is 3.18. The molecule has 52 heavy (non-hydrogen) atoms. The second kappa shape index (κ2) is 16.1. The molecule has 5 rings (SSSR count). The summed E-state index contributed by atoms with van der Waals surface area (Å²) < 4.78 is 177. The molecule has 0 amide bonds. The van der Waals surface area contributed by atoms with Crippen molar-refractivity contribution in [3.63, 3.8) is 0 Å². The van der Waals surface area contributed by atoms with Crippen molar-refractivity contribution in [1.82, 2.24) is 0 Å². The summed E-state index contributed by atoms with van der Waals surface area (Å²) in [6.07, 6.45) is -7.83. The molecule has 1 heterocycles. The van der Waals surface area contributed by atoms with Crippen LogP contribution in [-0.2, 0) is 22.0 Å². The minimum Gasteiger partial charge on any atom is -0.429 e. The number of benzene rings is 4. The van der Waals surface area contributed by atoms with E-state index in [4.69, 9.17) is 9.47 Å². The normalized spacial score (nSPS) is 16.6. The van der Waals surface area contributed by atoms with Crippen molar-refractivity contribution in [3.8, 4) is 22.6 Å². The molecule has 0 radical (unpaired) electrons. The predicted molar refractivity (Wildman–Crippen MR) is 165 cm³/mol. The summed E-state index contributed by atoms with van der Waals surface area (Å²) in [6, 6.07) is 8.49. The molecule has 0 N–H and O–H groups in total. The van der Waals surface area contributed by atoms with Crippen molar-refractivity contribution in [3.05, 3.63) is 118 Å². The lowest BCUT2D eigenvalue weighted by atomic mass is 10.0. The summed E-state index contributed by atoms with van der Waals surface area (Å²) in [5, 5.41) is 0. The van der Waals surface area contributed by atoms with Gasteiger partial charge in [0.25, 0.3) is 0 Å². The first-order chi connectivity index (χ1) is 24.6. The summed E-state index contributed by atoms with van der Waals surface area (Å²) in [5.74, 6) is -15.2. The highest BCUT2D eigenvalue weighted by Gasteiger charge is 2.42. The van der Waals surface area contributed by atoms with Crippen molar-refractivity contribution in [2.24, 2.45) is 5.92 Å². The Morgan fingerprint density at radius 2 is 1.25 bits per heavy atom. The van der Waals surface area contributed by atoms with Gasteiger partial charge in [-0.25, -0.2) is 30.7 Å². The number of halogens is 11. The number of aryl methyl sites for hydroxylation is 1. The average molecular weight is 749 g/mol. The lowest BCUT2D eigenvalue weighted by molar-refractivity contribution is -0.206. The van der Waals surface area contributed by atoms with Gasteiger partial charge in [0.15, 0.2) is 41.1 Å². The van der Waals surface area contributed by atoms with Gasteiger partial charge in [0, 0.05) is 23.6 Å². The Bertz CT molecular complexity index is 1790. The SMILES string of the molecule is CCCCCC1COC(c2ccc(-c3cc(F)c(OC(F)(F)CCc4cc(F)c(C(F)(F)Oc5cc(F)c(F)c(F)c5)c(F)c4)c(F)c3)cc2)OC1. The van der Waals surface area contributed by atoms with Gasteiger partial charge in [0.1, 0.15) is 22.9 Å². The first-order valence-corrected chi connectivity index (χ1v) is 16.2. The molecule has 0 saturated carbocycles. The molecule has 1 aliphatic heterocycles. The molecular weight excluding hydrogens is 717 g/mol. The van der Waals surface area contributed by atoms with Crippen LogP contribution in [0.3, 0.4) is 0 Å². The number of rotatable bonds is 14. The third kappa shape index (κ3) is 9.34. The molecule has 0 bridgehead atoms. The van der Waals surface area contributed by atoms with Gasteiger partial charge in [0.2, 0.25) is 0 Å². The van der Waals surface area contributed by atoms with Crippen LogP contribution in [0, 0.1) is 46.6 Å². The molecule has 4 aromatic carbocycles. The average Bonchev–Trinajstić information content (AvgIpc) is 3.08. The molecule has 0 unspecified atom stereocenters. The minimum atomic E-state index is -4.89. The van der Waals surface area contributed by atoms with Crippen molar-refractivity contribution in [2.45, 2.75) is 64.0 Å². The Balaban J connectivity index is 1.20. The molecule has 4 aromatic rings. The van der Waals surface area contributed by atoms with Gasteiger partial charge in [-0.3, -0.25) is 0 Å². The van der Waals surface area contributed by atoms with Crippen LogP contribution in [0.15, 0.2) is 60.7 Å². The third-order valence-corrected chi connectivity index (χ3v) is 8.25. The van der Waals surface area contributed by atoms with E-state index in [1.54, 1.807) is 24.3 Å². The lowest BCUT2D eigenvalue weighted by Crippen LogP contribution is -2.27. The first-order valence-electron chi connectivity index (χ1n) is 16.2. The van der Waals surface area contributed by atoms with Crippen LogP contribution in [0.1, 0.15) is 62.0 Å². The largest absolute Gasteiger partial charge is 0.432 e. The zero-order chi connectivity index (χ0) is 37.8. The molecule has 1 fully saturated rings. The van der Waals surface area contributed by atoms with Gasteiger partial charge in [-0.2, -0.15) is 17.6 Å². The van der Waals surface area contributed by atoms with Gasteiger partial charge in [0.05, 0.1) is 19.6 Å². The monoisotopic (exact) mass is 748 g/mol. The number of hydrogen-bond acceptors (Lipinski definition) is 4. The van der Waals surface area contributed by atoms with E-state index in [1.807, 2.05) is 0 Å². The van der Waals surface area contributed by atoms with Gasteiger partial charge >= 0.3 is 12.2 Å². The number of unbranched alkanes of at least 4 members (excludes halogenated alkanes) is 2. The molecule has 15 heteroatoms. The summed E-state index contributed by atoms with van der Waals surface area (Å²) >= 11 is 0. The van der Waals surface area contributed by atoms with Gasteiger partial charge in [-0.15, -0.1) is 0 Å². The van der Waals surface area contributed by atoms with Gasteiger partial charge < -0.3 is 18.9 Å². The topological polar surface area (TPSA) is 36.9 Å². The summed E-state index contributed by atoms with van der Waals surface area (Å²) in [4.78, 5) is 0. The van der Waals surface area contributed by atoms with E-state index < -0.39 is 94.7 Å². The van der Waals surface area contributed by atoms with Crippen molar-refractivity contribution < 1.29 is 67.2 Å². The first kappa shape index (κ1) is 38.9. The second-order valence-electron chi connectivity index (χ2n) is 12.2. The third-order valence-electron chi connectivity index (χ3n) is 8.25. The molecule has 1 saturated heterocycles. The van der Waals surface area contributed by atoms with E-state index in [-0.39, 0.29) is 29.8 Å². The van der Waals surface area contributed by atoms with E-state index in [2.05, 4.69) is 16.4 Å². The Morgan fingerprint density at radius 1 is 0.673 bits per heavy atom. The predicted octanol–water partition coefficient (Wildman–Crippen LogP) is 11.3. The van der Waals surface area contributed by atoms with Crippen molar-refractivity contribution >= 4 is 0 Å². The number of hydrogen-bond donors (Lipinski definition) is 0. The highest BCUT2D eigenvalue weighted by molar-refractivity contribution is 5.65. The summed E-state index contributed by atoms with van der Waals surface area (Å²) in [7, 11) is 0. The molecular formula is C37H31F11O4. The maximum absolute atomic E-state index is 14.9. The van der Waals surface area contributed by atoms with Gasteiger partial charge in [-0.1, -0.05) is 50.5 Å². The molecule has 0 aromatic heterocycles. The summed E-state index contributed by atoms with van der Waals surface area (Å²) in [5.41, 5.74) is -1.61. The fourth-order valence-electron chi connectivity index (χ4n) is 5.57. The highest BCUT2D eigenvalue weighted by Crippen LogP contribution is 2.38. The molecule has 1 aliphatic rings. The Labute approximate surface area is 291 Å². The fraction of sp³-hybridized carbons (Fsp3) is 0.351. The van der Waals surface area contributed by atoms with E-state index >= 15 is 0 Å². The minimum absolute atomic E-state index is 0.000189. The van der Waals surface area contributed by atoms with Crippen LogP contribution >= 0.6 is 0 Å². The molecule has 0 atom stereocenters. The second-order valence-corrected chi connectivity index (χ2v) is 12.2. The maximum Gasteiger partial charge on any atom is 0.432 e. The van der Waals surface area contributed by atoms with E-state index in [1.165, 1.54) is 0 Å². The van der Waals surface area contributed by atoms with Crippen LogP contribution in [0.5, 0.6) is 11.5 Å². The number of alkyl halides is 4. The maximum atomic E-state index is 14.9. The Morgan fingerprint density at radius 3 is 1.81 bits per heavy atom. The zero-order valence-electron chi connectivity index (χ0n) is 27.4. The Kier molecular flexibility index (Phi) is 12.0. The standard InChI is InChI=1S/C37H31F11O4/c1-2-3-4-5-21-18-49-35(50-19-21)23-8-6-22(7-9-23)24-14-30(42)34(31(43)15-24)52-36(45,46)11-10-20-12-26(38)32(27(39)13-20)37(47,48)51-25-16-28(40)33(44)29(41)17-25/h6-9,12-17,21,35H,2-5,10-11,18-19H2,1H3. The van der Waals surface area contributed by atoms with Crippen LogP contribution in [0.25, 0.3) is 11.1 Å². The van der Waals surface area contributed by atoms with E-state index in [0.717, 1.165) is 37.8 Å². The fourth-order valence-corrected chi connectivity index (χ4v) is 5.57. The molecule has 0 spiro atoms. The van der Waals surface area contributed by atoms with E-state index in [9.17, 15) is 48.3 Å². The van der Waals surface area contributed by atoms with Crippen LogP contribution in [0.4, 0.5) is 48.3 Å². The smallest absolute Gasteiger partial charge is 0.429 e. The number of ether oxygens (including phenoxy) is 4. The van der Waals surface area contributed by atoms with Crippen LogP contribution < -0.4 is 9.47 Å². The zero-order valence-corrected chi connectivity index (χ0v) is 27.4. The molecule has 0 aliphatic carbocycles. The Hall–Kier alpha value is -4.37. The molecule has 280 valence electrons. The van der Waals surface area contributed by atoms with Crippen molar-refractivity contribution in [1.29, 1.82) is 0 Å². The van der Waals surface area contributed by atoms with Crippen LogP contribution in [0.2, 0.25) is 0 Å². The van der Waals surface area contributed by atoms with Crippen molar-refractivity contribution in [2.75, 3.05) is 13.2 Å². The van der Waals surface area contributed by atoms with E-state index in [0.29, 0.717) is 30.3 Å². The molecule has 4 nitrogen and oxygen atoms in total. The van der Waals surface area contributed by atoms with Gasteiger partial charge in [-0.05, 0) is 53.8 Å².